The lowest BCUT2D eigenvalue weighted by Crippen LogP contribution is -2.32. The Hall–Kier alpha value is -1.60. The molecule has 4 nitrogen and oxygen atoms in total. The van der Waals surface area contributed by atoms with Crippen LogP contribution in [0.5, 0.6) is 0 Å². The van der Waals surface area contributed by atoms with E-state index in [0.717, 1.165) is 25.6 Å². The van der Waals surface area contributed by atoms with E-state index in [1.54, 1.807) is 13.8 Å². The number of nitrogens with one attached hydrogen (secondary N) is 1. The molecule has 1 unspecified atom stereocenters. The van der Waals surface area contributed by atoms with E-state index in [0.29, 0.717) is 6.04 Å². The minimum atomic E-state index is -4.48. The van der Waals surface area contributed by atoms with Crippen LogP contribution in [-0.4, -0.2) is 55.0 Å². The average molecular weight is 357 g/mol. The monoisotopic (exact) mass is 357 g/mol. The molecular formula is C18H26F3N3O. The van der Waals surface area contributed by atoms with Crippen LogP contribution in [0.25, 0.3) is 0 Å². The second-order valence-electron chi connectivity index (χ2n) is 7.14. The van der Waals surface area contributed by atoms with Crippen molar-refractivity contribution in [2.24, 2.45) is 0 Å². The van der Waals surface area contributed by atoms with Gasteiger partial charge in [-0.3, -0.25) is 9.69 Å². The summed E-state index contributed by atoms with van der Waals surface area (Å²) in [7, 11) is 3.97. The van der Waals surface area contributed by atoms with Crippen LogP contribution in [0.4, 0.5) is 13.2 Å². The fourth-order valence-corrected chi connectivity index (χ4v) is 3.08. The lowest BCUT2D eigenvalue weighted by molar-refractivity contribution is -0.138. The summed E-state index contributed by atoms with van der Waals surface area (Å²) in [5.74, 6) is -0.485. The molecule has 1 saturated heterocycles. The first kappa shape index (κ1) is 19.7. The van der Waals surface area contributed by atoms with Crippen molar-refractivity contribution in [1.82, 2.24) is 15.1 Å². The molecule has 1 N–H and O–H groups in total. The van der Waals surface area contributed by atoms with Crippen molar-refractivity contribution in [1.29, 1.82) is 0 Å². The van der Waals surface area contributed by atoms with Crippen molar-refractivity contribution >= 4 is 5.91 Å². The summed E-state index contributed by atoms with van der Waals surface area (Å²) < 4.78 is 40.4. The molecule has 7 heteroatoms. The second-order valence-corrected chi connectivity index (χ2v) is 7.14. The summed E-state index contributed by atoms with van der Waals surface area (Å²) in [5, 5.41) is 2.63. The van der Waals surface area contributed by atoms with Crippen molar-refractivity contribution in [3.8, 4) is 0 Å². The van der Waals surface area contributed by atoms with E-state index in [2.05, 4.69) is 10.2 Å². The Morgan fingerprint density at radius 3 is 2.56 bits per heavy atom. The Bertz CT molecular complexity index is 614. The Morgan fingerprint density at radius 2 is 2.04 bits per heavy atom. The zero-order chi connectivity index (χ0) is 18.8. The quantitative estimate of drug-likeness (QED) is 0.880. The maximum absolute atomic E-state index is 13.5. The van der Waals surface area contributed by atoms with Crippen LogP contribution >= 0.6 is 0 Å². The molecule has 0 radical (unpaired) electrons. The van der Waals surface area contributed by atoms with Gasteiger partial charge in [-0.15, -0.1) is 0 Å². The molecule has 0 saturated carbocycles. The molecule has 0 aromatic heterocycles. The number of likely N-dealkylation sites (tertiary alicyclic amines) is 1. The van der Waals surface area contributed by atoms with Crippen LogP contribution in [0.3, 0.4) is 0 Å². The number of halogens is 3. The lowest BCUT2D eigenvalue weighted by Gasteiger charge is -2.22. The highest BCUT2D eigenvalue weighted by atomic mass is 19.4. The van der Waals surface area contributed by atoms with Gasteiger partial charge in [0.25, 0.3) is 5.91 Å². The van der Waals surface area contributed by atoms with E-state index in [4.69, 9.17) is 0 Å². The van der Waals surface area contributed by atoms with Crippen LogP contribution in [0.1, 0.15) is 41.8 Å². The van der Waals surface area contributed by atoms with Gasteiger partial charge in [-0.25, -0.2) is 0 Å². The fraction of sp³-hybridized carbons (Fsp3) is 0.611. The third-order valence-electron chi connectivity index (χ3n) is 4.47. The second kappa shape index (κ2) is 7.74. The molecule has 1 aromatic rings. The molecule has 1 amide bonds. The number of rotatable bonds is 5. The molecule has 0 aliphatic carbocycles. The van der Waals surface area contributed by atoms with E-state index < -0.39 is 17.6 Å². The zero-order valence-corrected chi connectivity index (χ0v) is 15.2. The van der Waals surface area contributed by atoms with Gasteiger partial charge in [-0.2, -0.15) is 13.2 Å². The van der Waals surface area contributed by atoms with Crippen molar-refractivity contribution in [3.63, 3.8) is 0 Å². The molecule has 140 valence electrons. The maximum atomic E-state index is 13.5. The highest BCUT2D eigenvalue weighted by Crippen LogP contribution is 2.34. The van der Waals surface area contributed by atoms with Crippen molar-refractivity contribution in [3.05, 3.63) is 34.9 Å². The smallest absolute Gasteiger partial charge is 0.350 e. The Labute approximate surface area is 147 Å². The summed E-state index contributed by atoms with van der Waals surface area (Å²) in [5.41, 5.74) is -0.470. The van der Waals surface area contributed by atoms with Gasteiger partial charge in [0.05, 0.1) is 5.56 Å². The molecule has 1 atom stereocenters. The first-order valence-electron chi connectivity index (χ1n) is 8.47. The molecular weight excluding hydrogens is 331 g/mol. The summed E-state index contributed by atoms with van der Waals surface area (Å²) >= 11 is 0. The standard InChI is InChI=1S/C18H26F3N3O/c1-12(2)22-17(25)13-5-6-14(16(9-13)18(19,20)21)10-24-8-7-15(11-24)23(3)4/h5-6,9,12,15H,7-8,10-11H2,1-4H3,(H,22,25). The third-order valence-corrected chi connectivity index (χ3v) is 4.47. The molecule has 1 aliphatic heterocycles. The summed E-state index contributed by atoms with van der Waals surface area (Å²) in [4.78, 5) is 16.1. The van der Waals surface area contributed by atoms with E-state index in [1.807, 2.05) is 19.0 Å². The van der Waals surface area contributed by atoms with Crippen LogP contribution < -0.4 is 5.32 Å². The summed E-state index contributed by atoms with van der Waals surface area (Å²) in [6.07, 6.45) is -3.53. The van der Waals surface area contributed by atoms with Gasteiger partial charge >= 0.3 is 6.18 Å². The van der Waals surface area contributed by atoms with Crippen LogP contribution in [-0.2, 0) is 12.7 Å². The van der Waals surface area contributed by atoms with Gasteiger partial charge in [0.1, 0.15) is 0 Å². The predicted molar refractivity (Wildman–Crippen MR) is 91.4 cm³/mol. The zero-order valence-electron chi connectivity index (χ0n) is 15.2. The number of hydrogen-bond donors (Lipinski definition) is 1. The molecule has 25 heavy (non-hydrogen) atoms. The molecule has 0 spiro atoms. The van der Waals surface area contributed by atoms with Crippen LogP contribution in [0.15, 0.2) is 18.2 Å². The first-order chi connectivity index (χ1) is 11.6. The van der Waals surface area contributed by atoms with E-state index >= 15 is 0 Å². The number of hydrogen-bond acceptors (Lipinski definition) is 3. The fourth-order valence-electron chi connectivity index (χ4n) is 3.08. The number of benzene rings is 1. The van der Waals surface area contributed by atoms with E-state index in [9.17, 15) is 18.0 Å². The number of alkyl halides is 3. The van der Waals surface area contributed by atoms with E-state index in [1.165, 1.54) is 12.1 Å². The number of nitrogens with zero attached hydrogens (tertiary/aromatic N) is 2. The molecule has 2 rings (SSSR count). The number of carbonyl (C=O) groups is 1. The largest absolute Gasteiger partial charge is 0.416 e. The first-order valence-corrected chi connectivity index (χ1v) is 8.47. The topological polar surface area (TPSA) is 35.6 Å². The molecule has 1 heterocycles. The number of carbonyl (C=O) groups excluding carboxylic acids is 1. The van der Waals surface area contributed by atoms with Gasteiger partial charge in [-0.05, 0) is 52.1 Å². The molecule has 1 fully saturated rings. The SMILES string of the molecule is CC(C)NC(=O)c1ccc(CN2CCC(N(C)C)C2)c(C(F)(F)F)c1. The highest BCUT2D eigenvalue weighted by Gasteiger charge is 2.35. The Balaban J connectivity index is 2.22. The van der Waals surface area contributed by atoms with Gasteiger partial charge in [-0.1, -0.05) is 6.07 Å². The number of amides is 1. The number of likely N-dealkylation sites (N-methyl/N-ethyl adjacent to an activating group) is 1. The highest BCUT2D eigenvalue weighted by molar-refractivity contribution is 5.94. The molecule has 0 bridgehead atoms. The lowest BCUT2D eigenvalue weighted by atomic mass is 10.0. The predicted octanol–water partition coefficient (Wildman–Crippen LogP) is 2.98. The summed E-state index contributed by atoms with van der Waals surface area (Å²) in [6, 6.07) is 4.11. The minimum Gasteiger partial charge on any atom is -0.350 e. The molecule has 1 aliphatic rings. The Kier molecular flexibility index (Phi) is 6.11. The van der Waals surface area contributed by atoms with Gasteiger partial charge in [0.2, 0.25) is 0 Å². The van der Waals surface area contributed by atoms with Gasteiger partial charge < -0.3 is 10.2 Å². The maximum Gasteiger partial charge on any atom is 0.416 e. The van der Waals surface area contributed by atoms with Crippen molar-refractivity contribution in [2.75, 3.05) is 27.2 Å². The van der Waals surface area contributed by atoms with Crippen LogP contribution in [0.2, 0.25) is 0 Å². The summed E-state index contributed by atoms with van der Waals surface area (Å²) in [6.45, 7) is 5.30. The molecule has 1 aromatic carbocycles. The van der Waals surface area contributed by atoms with E-state index in [-0.39, 0.29) is 23.7 Å². The minimum absolute atomic E-state index is 0.0392. The van der Waals surface area contributed by atoms with Crippen molar-refractivity contribution < 1.29 is 18.0 Å². The van der Waals surface area contributed by atoms with Crippen LogP contribution in [0, 0.1) is 0 Å². The van der Waals surface area contributed by atoms with Gasteiger partial charge in [0.15, 0.2) is 0 Å². The van der Waals surface area contributed by atoms with Crippen molar-refractivity contribution in [2.45, 2.75) is 45.1 Å². The Morgan fingerprint density at radius 1 is 1.36 bits per heavy atom. The average Bonchev–Trinajstić information content (AvgIpc) is 2.94. The third kappa shape index (κ3) is 5.19. The normalized spacial score (nSPS) is 19.0. The van der Waals surface area contributed by atoms with Gasteiger partial charge in [0, 0.05) is 37.3 Å².